The molecule has 3 nitrogen and oxygen atoms in total. The van der Waals surface area contributed by atoms with E-state index in [1.807, 2.05) is 30.3 Å². The maximum Gasteiger partial charge on any atom is 0.159 e. The summed E-state index contributed by atoms with van der Waals surface area (Å²) >= 11 is 0. The van der Waals surface area contributed by atoms with Crippen molar-refractivity contribution in [2.45, 2.75) is 13.3 Å². The third kappa shape index (κ3) is 3.42. The molecule has 3 heteroatoms. The Bertz CT molecular complexity index is 523. The van der Waals surface area contributed by atoms with E-state index in [0.29, 0.717) is 12.2 Å². The minimum atomic E-state index is 0.0465. The number of rotatable bonds is 5. The van der Waals surface area contributed by atoms with E-state index >= 15 is 0 Å². The molecule has 1 aromatic heterocycles. The summed E-state index contributed by atoms with van der Waals surface area (Å²) in [6.07, 6.45) is 2.52. The SMILES string of the molecule is CC(=O)c1cccc(OCCc2ccccn2)c1. The summed E-state index contributed by atoms with van der Waals surface area (Å²) in [6, 6.07) is 13.0. The van der Waals surface area contributed by atoms with Gasteiger partial charge in [-0.1, -0.05) is 18.2 Å². The van der Waals surface area contributed by atoms with Gasteiger partial charge in [0.25, 0.3) is 0 Å². The molecular weight excluding hydrogens is 226 g/mol. The molecular formula is C15H15NO2. The van der Waals surface area contributed by atoms with Gasteiger partial charge in [0, 0.05) is 23.9 Å². The van der Waals surface area contributed by atoms with Crippen LogP contribution in [0, 0.1) is 0 Å². The number of nitrogens with zero attached hydrogens (tertiary/aromatic N) is 1. The Hall–Kier alpha value is -2.16. The Kier molecular flexibility index (Phi) is 4.07. The first kappa shape index (κ1) is 12.3. The molecule has 0 aliphatic heterocycles. The van der Waals surface area contributed by atoms with Crippen LogP contribution in [0.1, 0.15) is 23.0 Å². The predicted molar refractivity (Wildman–Crippen MR) is 69.9 cm³/mol. The van der Waals surface area contributed by atoms with Crippen LogP contribution < -0.4 is 4.74 Å². The number of benzene rings is 1. The van der Waals surface area contributed by atoms with Gasteiger partial charge in [-0.3, -0.25) is 9.78 Å². The Labute approximate surface area is 106 Å². The van der Waals surface area contributed by atoms with Crippen molar-refractivity contribution in [2.24, 2.45) is 0 Å². The van der Waals surface area contributed by atoms with Gasteiger partial charge in [0.05, 0.1) is 6.61 Å². The number of Topliss-reactive ketones (excluding diaryl/α,β-unsaturated/α-hetero) is 1. The molecule has 92 valence electrons. The van der Waals surface area contributed by atoms with E-state index in [1.54, 1.807) is 25.3 Å². The Balaban J connectivity index is 1.90. The molecule has 1 aromatic carbocycles. The van der Waals surface area contributed by atoms with Crippen LogP contribution in [0.5, 0.6) is 5.75 Å². The highest BCUT2D eigenvalue weighted by Gasteiger charge is 2.01. The van der Waals surface area contributed by atoms with Crippen LogP contribution in [0.15, 0.2) is 48.7 Å². The molecule has 0 N–H and O–H groups in total. The van der Waals surface area contributed by atoms with Crippen LogP contribution in [0.3, 0.4) is 0 Å². The molecule has 0 radical (unpaired) electrons. The number of carbonyl (C=O) groups excluding carboxylic acids is 1. The van der Waals surface area contributed by atoms with Gasteiger partial charge in [-0.05, 0) is 31.2 Å². The lowest BCUT2D eigenvalue weighted by molar-refractivity contribution is 0.101. The lowest BCUT2D eigenvalue weighted by Gasteiger charge is -2.06. The highest BCUT2D eigenvalue weighted by Crippen LogP contribution is 2.14. The monoisotopic (exact) mass is 241 g/mol. The second-order valence-corrected chi connectivity index (χ2v) is 4.00. The number of pyridine rings is 1. The standard InChI is InChI=1S/C15H15NO2/c1-12(17)13-5-4-7-15(11-13)18-10-8-14-6-2-3-9-16-14/h2-7,9,11H,8,10H2,1H3. The largest absolute Gasteiger partial charge is 0.493 e. The van der Waals surface area contributed by atoms with Gasteiger partial charge < -0.3 is 4.74 Å². The molecule has 0 amide bonds. The van der Waals surface area contributed by atoms with Crippen LogP contribution in [0.2, 0.25) is 0 Å². The molecule has 0 fully saturated rings. The zero-order valence-corrected chi connectivity index (χ0v) is 10.3. The second kappa shape index (κ2) is 5.96. The van der Waals surface area contributed by atoms with E-state index in [-0.39, 0.29) is 5.78 Å². The van der Waals surface area contributed by atoms with Crippen molar-refractivity contribution < 1.29 is 9.53 Å². The number of hydrogen-bond donors (Lipinski definition) is 0. The van der Waals surface area contributed by atoms with Crippen molar-refractivity contribution in [3.05, 3.63) is 59.9 Å². The summed E-state index contributed by atoms with van der Waals surface area (Å²) in [5.41, 5.74) is 1.67. The summed E-state index contributed by atoms with van der Waals surface area (Å²) in [5.74, 6) is 0.767. The molecule has 0 spiro atoms. The number of carbonyl (C=O) groups is 1. The lowest BCUT2D eigenvalue weighted by atomic mass is 10.1. The first-order chi connectivity index (χ1) is 8.75. The minimum absolute atomic E-state index is 0.0465. The summed E-state index contributed by atoms with van der Waals surface area (Å²) < 4.78 is 5.61. The molecule has 0 atom stereocenters. The fourth-order valence-corrected chi connectivity index (χ4v) is 1.62. The molecule has 0 saturated heterocycles. The highest BCUT2D eigenvalue weighted by molar-refractivity contribution is 5.94. The molecule has 0 aliphatic rings. The van der Waals surface area contributed by atoms with E-state index in [4.69, 9.17) is 4.74 Å². The van der Waals surface area contributed by atoms with Crippen molar-refractivity contribution in [2.75, 3.05) is 6.61 Å². The molecule has 1 heterocycles. The Morgan fingerprint density at radius 3 is 2.83 bits per heavy atom. The highest BCUT2D eigenvalue weighted by atomic mass is 16.5. The Morgan fingerprint density at radius 2 is 2.11 bits per heavy atom. The molecule has 18 heavy (non-hydrogen) atoms. The van der Waals surface area contributed by atoms with E-state index in [2.05, 4.69) is 4.98 Å². The fourth-order valence-electron chi connectivity index (χ4n) is 1.62. The third-order valence-corrected chi connectivity index (χ3v) is 2.59. The van der Waals surface area contributed by atoms with Gasteiger partial charge in [0.2, 0.25) is 0 Å². The lowest BCUT2D eigenvalue weighted by Crippen LogP contribution is -2.03. The second-order valence-electron chi connectivity index (χ2n) is 4.00. The van der Waals surface area contributed by atoms with Gasteiger partial charge in [-0.15, -0.1) is 0 Å². The average molecular weight is 241 g/mol. The molecule has 0 saturated carbocycles. The number of ether oxygens (including phenoxy) is 1. The van der Waals surface area contributed by atoms with Crippen molar-refractivity contribution in [3.63, 3.8) is 0 Å². The summed E-state index contributed by atoms with van der Waals surface area (Å²) in [5, 5.41) is 0. The normalized spacial score (nSPS) is 10.1. The van der Waals surface area contributed by atoms with Gasteiger partial charge in [0.1, 0.15) is 5.75 Å². The molecule has 0 unspecified atom stereocenters. The van der Waals surface area contributed by atoms with Crippen molar-refractivity contribution in [1.82, 2.24) is 4.98 Å². The number of hydrogen-bond acceptors (Lipinski definition) is 3. The van der Waals surface area contributed by atoms with Gasteiger partial charge >= 0.3 is 0 Å². The summed E-state index contributed by atoms with van der Waals surface area (Å²) in [4.78, 5) is 15.4. The van der Waals surface area contributed by atoms with Crippen molar-refractivity contribution >= 4 is 5.78 Å². The summed E-state index contributed by atoms with van der Waals surface area (Å²) in [6.45, 7) is 2.10. The molecule has 0 bridgehead atoms. The third-order valence-electron chi connectivity index (χ3n) is 2.59. The molecule has 2 rings (SSSR count). The number of ketones is 1. The van der Waals surface area contributed by atoms with E-state index < -0.39 is 0 Å². The predicted octanol–water partition coefficient (Wildman–Crippen LogP) is 2.91. The van der Waals surface area contributed by atoms with Crippen LogP contribution in [0.25, 0.3) is 0 Å². The van der Waals surface area contributed by atoms with E-state index in [1.165, 1.54) is 0 Å². The number of aromatic nitrogens is 1. The topological polar surface area (TPSA) is 39.2 Å². The van der Waals surface area contributed by atoms with Crippen LogP contribution >= 0.6 is 0 Å². The van der Waals surface area contributed by atoms with Gasteiger partial charge in [0.15, 0.2) is 5.78 Å². The zero-order chi connectivity index (χ0) is 12.8. The quantitative estimate of drug-likeness (QED) is 0.755. The maximum atomic E-state index is 11.2. The Morgan fingerprint density at radius 1 is 1.22 bits per heavy atom. The van der Waals surface area contributed by atoms with Crippen LogP contribution in [-0.4, -0.2) is 17.4 Å². The average Bonchev–Trinajstić information content (AvgIpc) is 2.40. The van der Waals surface area contributed by atoms with Gasteiger partial charge in [-0.25, -0.2) is 0 Å². The van der Waals surface area contributed by atoms with Crippen LogP contribution in [0.4, 0.5) is 0 Å². The maximum absolute atomic E-state index is 11.2. The van der Waals surface area contributed by atoms with Crippen molar-refractivity contribution in [3.8, 4) is 5.75 Å². The first-order valence-corrected chi connectivity index (χ1v) is 5.89. The molecule has 0 aliphatic carbocycles. The van der Waals surface area contributed by atoms with Crippen LogP contribution in [-0.2, 0) is 6.42 Å². The van der Waals surface area contributed by atoms with E-state index in [0.717, 1.165) is 17.9 Å². The van der Waals surface area contributed by atoms with E-state index in [9.17, 15) is 4.79 Å². The first-order valence-electron chi connectivity index (χ1n) is 5.89. The zero-order valence-electron chi connectivity index (χ0n) is 10.3. The summed E-state index contributed by atoms with van der Waals surface area (Å²) in [7, 11) is 0. The smallest absolute Gasteiger partial charge is 0.159 e. The minimum Gasteiger partial charge on any atom is -0.493 e. The molecule has 2 aromatic rings. The fraction of sp³-hybridized carbons (Fsp3) is 0.200. The van der Waals surface area contributed by atoms with Crippen molar-refractivity contribution in [1.29, 1.82) is 0 Å². The van der Waals surface area contributed by atoms with Gasteiger partial charge in [-0.2, -0.15) is 0 Å².